The smallest absolute Gasteiger partial charge is 0.226 e. The molecule has 0 saturated heterocycles. The van der Waals surface area contributed by atoms with Gasteiger partial charge in [-0.05, 0) is 64.2 Å². The van der Waals surface area contributed by atoms with Gasteiger partial charge in [-0.1, -0.05) is 141 Å². The monoisotopic (exact) mass is 581 g/mol. The highest BCUT2D eigenvalue weighted by atomic mass is 35.5. The number of unbranched alkanes of at least 4 members (excludes halogenated alkanes) is 22. The largest absolute Gasteiger partial charge is 0.296 e. The molecular formula is C36H68ClNO2. The Balaban J connectivity index is 0. The molecule has 0 aliphatic heterocycles. The van der Waals surface area contributed by atoms with E-state index >= 15 is 0 Å². The minimum absolute atomic E-state index is 0. The number of imide groups is 1. The standard InChI is InChI=1S/C36H67NO2.ClH/c1-3-5-7-9-11-13-15-17-19-21-23-25-27-29-31-33-35(38)37-36(39)34-32-30-28-26-24-22-20-18-16-14-12-10-8-6-4-2;/h17-20H,3-16,21-34H2,1-2H3,(H,37,38,39);1H/b19-17-,20-18-;. The topological polar surface area (TPSA) is 46.2 Å². The number of carbonyl (C=O) groups excluding carboxylic acids is 2. The predicted molar refractivity (Wildman–Crippen MR) is 179 cm³/mol. The zero-order chi connectivity index (χ0) is 28.5. The van der Waals surface area contributed by atoms with Crippen LogP contribution in [0.15, 0.2) is 24.3 Å². The fourth-order valence-electron chi connectivity index (χ4n) is 4.99. The molecule has 1 N–H and O–H groups in total. The Morgan fingerprint density at radius 1 is 0.400 bits per heavy atom. The molecule has 0 saturated carbocycles. The van der Waals surface area contributed by atoms with Gasteiger partial charge in [0.2, 0.25) is 11.8 Å². The van der Waals surface area contributed by atoms with Gasteiger partial charge in [-0.15, -0.1) is 12.4 Å². The second kappa shape index (κ2) is 35.9. The molecule has 2 amide bonds. The van der Waals surface area contributed by atoms with Crippen LogP contribution in [0.3, 0.4) is 0 Å². The molecule has 0 bridgehead atoms. The zero-order valence-corrected chi connectivity index (χ0v) is 27.6. The Morgan fingerprint density at radius 2 is 0.650 bits per heavy atom. The molecule has 0 fully saturated rings. The molecule has 0 aromatic heterocycles. The van der Waals surface area contributed by atoms with Gasteiger partial charge in [0.15, 0.2) is 0 Å². The third kappa shape index (κ3) is 34.9. The minimum atomic E-state index is -0.0922. The number of amides is 2. The van der Waals surface area contributed by atoms with Crippen molar-refractivity contribution in [2.45, 2.75) is 194 Å². The lowest BCUT2D eigenvalue weighted by Gasteiger charge is -2.05. The average molecular weight is 582 g/mol. The van der Waals surface area contributed by atoms with Crippen LogP contribution >= 0.6 is 12.4 Å². The van der Waals surface area contributed by atoms with Crippen molar-refractivity contribution in [2.24, 2.45) is 0 Å². The molecule has 0 spiro atoms. The van der Waals surface area contributed by atoms with Gasteiger partial charge in [-0.3, -0.25) is 14.9 Å². The van der Waals surface area contributed by atoms with Crippen LogP contribution in [0.25, 0.3) is 0 Å². The Hall–Kier alpha value is -1.09. The summed E-state index contributed by atoms with van der Waals surface area (Å²) >= 11 is 0. The summed E-state index contributed by atoms with van der Waals surface area (Å²) in [6.07, 6.45) is 42.9. The van der Waals surface area contributed by atoms with E-state index in [1.54, 1.807) is 0 Å². The second-order valence-electron chi connectivity index (χ2n) is 11.6. The summed E-state index contributed by atoms with van der Waals surface area (Å²) in [5.74, 6) is -0.184. The number of allylic oxidation sites excluding steroid dienone is 4. The van der Waals surface area contributed by atoms with Gasteiger partial charge in [0, 0.05) is 12.8 Å². The summed E-state index contributed by atoms with van der Waals surface area (Å²) in [5, 5.41) is 2.58. The normalized spacial score (nSPS) is 11.3. The van der Waals surface area contributed by atoms with Gasteiger partial charge >= 0.3 is 0 Å². The van der Waals surface area contributed by atoms with Crippen LogP contribution in [-0.4, -0.2) is 11.8 Å². The summed E-state index contributed by atoms with van der Waals surface area (Å²) in [5.41, 5.74) is 0. The highest BCUT2D eigenvalue weighted by Gasteiger charge is 2.07. The number of halogens is 1. The Kier molecular flexibility index (Phi) is 36.9. The van der Waals surface area contributed by atoms with Crippen LogP contribution in [0.2, 0.25) is 0 Å². The summed E-state index contributed by atoms with van der Waals surface area (Å²) in [6, 6.07) is 0. The van der Waals surface area contributed by atoms with Gasteiger partial charge in [0.25, 0.3) is 0 Å². The second-order valence-corrected chi connectivity index (χ2v) is 11.6. The maximum atomic E-state index is 12.0. The number of hydrogen-bond acceptors (Lipinski definition) is 2. The van der Waals surface area contributed by atoms with E-state index in [0.717, 1.165) is 25.7 Å². The molecule has 236 valence electrons. The van der Waals surface area contributed by atoms with Crippen LogP contribution in [0.4, 0.5) is 0 Å². The fraction of sp³-hybridized carbons (Fsp3) is 0.833. The molecule has 0 radical (unpaired) electrons. The molecule has 0 unspecified atom stereocenters. The SMILES string of the molecule is CCCCCCCC/C=C\CCCCCCCC(=O)NC(=O)CCCCCCC/C=C\CCCCCCCC.Cl. The lowest BCUT2D eigenvalue weighted by Crippen LogP contribution is -2.29. The maximum Gasteiger partial charge on any atom is 0.226 e. The highest BCUT2D eigenvalue weighted by Crippen LogP contribution is 2.12. The summed E-state index contributed by atoms with van der Waals surface area (Å²) in [4.78, 5) is 24.0. The molecule has 0 aliphatic rings. The Morgan fingerprint density at radius 3 is 0.950 bits per heavy atom. The number of rotatable bonds is 30. The zero-order valence-electron chi connectivity index (χ0n) is 26.8. The molecule has 0 atom stereocenters. The Labute approximate surface area is 256 Å². The fourth-order valence-corrected chi connectivity index (χ4v) is 4.99. The summed E-state index contributed by atoms with van der Waals surface area (Å²) in [6.45, 7) is 4.53. The van der Waals surface area contributed by atoms with Crippen molar-refractivity contribution in [1.29, 1.82) is 0 Å². The number of hydrogen-bond donors (Lipinski definition) is 1. The van der Waals surface area contributed by atoms with Crippen LogP contribution in [0.1, 0.15) is 194 Å². The van der Waals surface area contributed by atoms with Crippen molar-refractivity contribution in [2.75, 3.05) is 0 Å². The van der Waals surface area contributed by atoms with Crippen LogP contribution in [0.5, 0.6) is 0 Å². The van der Waals surface area contributed by atoms with Crippen LogP contribution in [0, 0.1) is 0 Å². The molecule has 4 heteroatoms. The molecule has 0 rings (SSSR count). The van der Waals surface area contributed by atoms with Crippen molar-refractivity contribution in [3.05, 3.63) is 24.3 Å². The number of carbonyl (C=O) groups is 2. The molecule has 0 heterocycles. The van der Waals surface area contributed by atoms with E-state index in [-0.39, 0.29) is 24.2 Å². The van der Waals surface area contributed by atoms with Gasteiger partial charge in [-0.2, -0.15) is 0 Å². The first-order valence-electron chi connectivity index (χ1n) is 17.3. The maximum absolute atomic E-state index is 12.0. The molecule has 0 aromatic rings. The molecule has 3 nitrogen and oxygen atoms in total. The van der Waals surface area contributed by atoms with Crippen molar-refractivity contribution >= 4 is 24.2 Å². The van der Waals surface area contributed by atoms with Gasteiger partial charge < -0.3 is 0 Å². The summed E-state index contributed by atoms with van der Waals surface area (Å²) < 4.78 is 0. The average Bonchev–Trinajstić information content (AvgIpc) is 2.93. The number of nitrogens with one attached hydrogen (secondary N) is 1. The van der Waals surface area contributed by atoms with E-state index in [4.69, 9.17) is 0 Å². The van der Waals surface area contributed by atoms with E-state index in [1.165, 1.54) is 141 Å². The minimum Gasteiger partial charge on any atom is -0.296 e. The third-order valence-corrected chi connectivity index (χ3v) is 7.61. The van der Waals surface area contributed by atoms with Crippen molar-refractivity contribution < 1.29 is 9.59 Å². The molecule has 0 aromatic carbocycles. The lowest BCUT2D eigenvalue weighted by atomic mass is 10.1. The molecule has 0 aliphatic carbocycles. The van der Waals surface area contributed by atoms with E-state index in [0.29, 0.717) is 12.8 Å². The predicted octanol–water partition coefficient (Wildman–Crippen LogP) is 12.1. The van der Waals surface area contributed by atoms with E-state index in [1.807, 2.05) is 0 Å². The van der Waals surface area contributed by atoms with Crippen molar-refractivity contribution in [3.63, 3.8) is 0 Å². The van der Waals surface area contributed by atoms with E-state index in [2.05, 4.69) is 43.5 Å². The van der Waals surface area contributed by atoms with Crippen molar-refractivity contribution in [1.82, 2.24) is 5.32 Å². The quantitative estimate of drug-likeness (QED) is 0.0677. The highest BCUT2D eigenvalue weighted by molar-refractivity contribution is 5.95. The first kappa shape index (κ1) is 41.0. The van der Waals surface area contributed by atoms with Gasteiger partial charge in [0.1, 0.15) is 0 Å². The van der Waals surface area contributed by atoms with Crippen LogP contribution < -0.4 is 5.32 Å². The van der Waals surface area contributed by atoms with Gasteiger partial charge in [0.05, 0.1) is 0 Å². The van der Waals surface area contributed by atoms with Crippen molar-refractivity contribution in [3.8, 4) is 0 Å². The first-order valence-corrected chi connectivity index (χ1v) is 17.3. The molecule has 40 heavy (non-hydrogen) atoms. The van der Waals surface area contributed by atoms with Crippen LogP contribution in [-0.2, 0) is 9.59 Å². The van der Waals surface area contributed by atoms with E-state index in [9.17, 15) is 9.59 Å². The Bertz CT molecular complexity index is 537. The lowest BCUT2D eigenvalue weighted by molar-refractivity contribution is -0.130. The van der Waals surface area contributed by atoms with E-state index < -0.39 is 0 Å². The third-order valence-electron chi connectivity index (χ3n) is 7.61. The first-order chi connectivity index (χ1) is 19.2. The molecular weight excluding hydrogens is 514 g/mol. The summed E-state index contributed by atoms with van der Waals surface area (Å²) in [7, 11) is 0. The van der Waals surface area contributed by atoms with Gasteiger partial charge in [-0.25, -0.2) is 0 Å².